The van der Waals surface area contributed by atoms with E-state index in [4.69, 9.17) is 5.73 Å². The van der Waals surface area contributed by atoms with Gasteiger partial charge in [-0.1, -0.05) is 0 Å². The Labute approximate surface area is 113 Å². The molecule has 0 aliphatic rings. The normalized spacial score (nSPS) is 11.0. The molecule has 2 aromatic heterocycles. The first-order valence-corrected chi connectivity index (χ1v) is 6.29. The molecule has 0 spiro atoms. The Morgan fingerprint density at radius 2 is 2.11 bits per heavy atom. The van der Waals surface area contributed by atoms with E-state index in [-0.39, 0.29) is 0 Å². The van der Waals surface area contributed by atoms with Gasteiger partial charge in [-0.25, -0.2) is 9.97 Å². The van der Waals surface area contributed by atoms with Crippen molar-refractivity contribution in [3.05, 3.63) is 41.0 Å². The van der Waals surface area contributed by atoms with E-state index in [1.165, 1.54) is 0 Å². The lowest BCUT2D eigenvalue weighted by molar-refractivity contribution is 0.942. The van der Waals surface area contributed by atoms with Crippen molar-refractivity contribution in [2.45, 2.75) is 0 Å². The summed E-state index contributed by atoms with van der Waals surface area (Å²) in [5, 5.41) is 0. The van der Waals surface area contributed by atoms with Gasteiger partial charge < -0.3 is 10.3 Å². The van der Waals surface area contributed by atoms with Gasteiger partial charge in [0.2, 0.25) is 0 Å². The quantitative estimate of drug-likeness (QED) is 0.703. The van der Waals surface area contributed by atoms with Crippen molar-refractivity contribution < 1.29 is 0 Å². The SMILES string of the molecule is Cn1c(-c2ccc(Br)c(N)c2)nc2cccnc21. The molecular formula is C13H11BrN4. The van der Waals surface area contributed by atoms with Crippen LogP contribution in [0.2, 0.25) is 0 Å². The average Bonchev–Trinajstić information content (AvgIpc) is 2.71. The van der Waals surface area contributed by atoms with Crippen LogP contribution in [0.5, 0.6) is 0 Å². The fraction of sp³-hybridized carbons (Fsp3) is 0.0769. The number of aryl methyl sites for hydroxylation is 1. The van der Waals surface area contributed by atoms with E-state index >= 15 is 0 Å². The summed E-state index contributed by atoms with van der Waals surface area (Å²) in [6, 6.07) is 9.66. The number of hydrogen-bond donors (Lipinski definition) is 1. The zero-order valence-electron chi connectivity index (χ0n) is 9.76. The Bertz CT molecular complexity index is 733. The first-order chi connectivity index (χ1) is 8.66. The van der Waals surface area contributed by atoms with E-state index in [1.54, 1.807) is 6.20 Å². The standard InChI is InChI=1S/C13H11BrN4/c1-18-12(8-4-5-9(14)10(15)7-8)17-11-3-2-6-16-13(11)18/h2-7H,15H2,1H3. The molecule has 0 radical (unpaired) electrons. The molecule has 0 bridgehead atoms. The van der Waals surface area contributed by atoms with Gasteiger partial charge in [-0.2, -0.15) is 0 Å². The maximum atomic E-state index is 5.90. The zero-order valence-corrected chi connectivity index (χ0v) is 11.3. The Kier molecular flexibility index (Phi) is 2.56. The predicted octanol–water partition coefficient (Wildman–Crippen LogP) is 2.98. The van der Waals surface area contributed by atoms with Crippen LogP contribution in [0.4, 0.5) is 5.69 Å². The van der Waals surface area contributed by atoms with Crippen LogP contribution in [0, 0.1) is 0 Å². The minimum atomic E-state index is 0.701. The Morgan fingerprint density at radius 3 is 2.83 bits per heavy atom. The highest BCUT2D eigenvalue weighted by Crippen LogP contribution is 2.27. The second-order valence-electron chi connectivity index (χ2n) is 4.08. The second kappa shape index (κ2) is 4.10. The Hall–Kier alpha value is -1.88. The molecule has 3 rings (SSSR count). The zero-order chi connectivity index (χ0) is 12.7. The van der Waals surface area contributed by atoms with Crippen molar-refractivity contribution in [3.63, 3.8) is 0 Å². The van der Waals surface area contributed by atoms with Gasteiger partial charge in [0.15, 0.2) is 5.65 Å². The number of benzene rings is 1. The van der Waals surface area contributed by atoms with Gasteiger partial charge in [-0.3, -0.25) is 0 Å². The van der Waals surface area contributed by atoms with Crippen LogP contribution in [0.1, 0.15) is 0 Å². The van der Waals surface area contributed by atoms with Crippen molar-refractivity contribution in [2.75, 3.05) is 5.73 Å². The lowest BCUT2D eigenvalue weighted by Crippen LogP contribution is -1.95. The predicted molar refractivity (Wildman–Crippen MR) is 76.1 cm³/mol. The lowest BCUT2D eigenvalue weighted by atomic mass is 10.2. The molecule has 0 saturated carbocycles. The highest BCUT2D eigenvalue weighted by atomic mass is 79.9. The monoisotopic (exact) mass is 302 g/mol. The van der Waals surface area contributed by atoms with Gasteiger partial charge in [0.05, 0.1) is 0 Å². The number of imidazole rings is 1. The molecule has 5 heteroatoms. The van der Waals surface area contributed by atoms with E-state index in [1.807, 2.05) is 41.9 Å². The third-order valence-corrected chi connectivity index (χ3v) is 3.60. The molecule has 18 heavy (non-hydrogen) atoms. The summed E-state index contributed by atoms with van der Waals surface area (Å²) in [4.78, 5) is 8.91. The second-order valence-corrected chi connectivity index (χ2v) is 4.93. The van der Waals surface area contributed by atoms with Crippen molar-refractivity contribution in [3.8, 4) is 11.4 Å². The Balaban J connectivity index is 2.25. The fourth-order valence-electron chi connectivity index (χ4n) is 1.96. The van der Waals surface area contributed by atoms with Crippen molar-refractivity contribution in [2.24, 2.45) is 7.05 Å². The molecule has 0 amide bonds. The molecule has 2 N–H and O–H groups in total. The summed E-state index contributed by atoms with van der Waals surface area (Å²) in [5.41, 5.74) is 9.34. The van der Waals surface area contributed by atoms with E-state index in [2.05, 4.69) is 25.9 Å². The number of hydrogen-bond acceptors (Lipinski definition) is 3. The molecule has 0 atom stereocenters. The number of pyridine rings is 1. The Morgan fingerprint density at radius 1 is 1.28 bits per heavy atom. The minimum Gasteiger partial charge on any atom is -0.398 e. The molecule has 0 fully saturated rings. The smallest absolute Gasteiger partial charge is 0.159 e. The van der Waals surface area contributed by atoms with Crippen molar-refractivity contribution in [1.29, 1.82) is 0 Å². The van der Waals surface area contributed by atoms with Crippen LogP contribution < -0.4 is 5.73 Å². The van der Waals surface area contributed by atoms with Gasteiger partial charge in [0.25, 0.3) is 0 Å². The first-order valence-electron chi connectivity index (χ1n) is 5.49. The lowest BCUT2D eigenvalue weighted by Gasteiger charge is -2.04. The molecule has 0 unspecified atom stereocenters. The summed E-state index contributed by atoms with van der Waals surface area (Å²) in [6.07, 6.45) is 1.77. The largest absolute Gasteiger partial charge is 0.398 e. The van der Waals surface area contributed by atoms with E-state index in [9.17, 15) is 0 Å². The van der Waals surface area contributed by atoms with Gasteiger partial charge in [-0.15, -0.1) is 0 Å². The van der Waals surface area contributed by atoms with E-state index in [0.29, 0.717) is 5.69 Å². The highest BCUT2D eigenvalue weighted by Gasteiger charge is 2.11. The first kappa shape index (κ1) is 11.2. The summed E-state index contributed by atoms with van der Waals surface area (Å²) < 4.78 is 2.86. The maximum absolute atomic E-state index is 5.90. The summed E-state index contributed by atoms with van der Waals surface area (Å²) in [6.45, 7) is 0. The van der Waals surface area contributed by atoms with Crippen molar-refractivity contribution >= 4 is 32.8 Å². The van der Waals surface area contributed by atoms with Crippen LogP contribution in [0.3, 0.4) is 0 Å². The summed E-state index contributed by atoms with van der Waals surface area (Å²) in [5.74, 6) is 0.864. The number of anilines is 1. The van der Waals surface area contributed by atoms with Crippen molar-refractivity contribution in [1.82, 2.24) is 14.5 Å². The topological polar surface area (TPSA) is 56.7 Å². The molecule has 1 aromatic carbocycles. The third kappa shape index (κ3) is 1.67. The summed E-state index contributed by atoms with van der Waals surface area (Å²) >= 11 is 3.39. The number of nitrogens with zero attached hydrogens (tertiary/aromatic N) is 3. The third-order valence-electron chi connectivity index (χ3n) is 2.88. The van der Waals surface area contributed by atoms with Gasteiger partial charge >= 0.3 is 0 Å². The molecule has 0 aliphatic heterocycles. The van der Waals surface area contributed by atoms with Crippen LogP contribution in [-0.2, 0) is 7.05 Å². The fourth-order valence-corrected chi connectivity index (χ4v) is 2.21. The molecular weight excluding hydrogens is 292 g/mol. The molecule has 4 nitrogen and oxygen atoms in total. The number of aromatic nitrogens is 3. The van der Waals surface area contributed by atoms with Crippen LogP contribution in [-0.4, -0.2) is 14.5 Å². The van der Waals surface area contributed by atoms with E-state index < -0.39 is 0 Å². The van der Waals surface area contributed by atoms with Gasteiger partial charge in [-0.05, 0) is 46.3 Å². The van der Waals surface area contributed by atoms with Crippen LogP contribution in [0.15, 0.2) is 41.0 Å². The molecule has 0 aliphatic carbocycles. The molecule has 0 saturated heterocycles. The maximum Gasteiger partial charge on any atom is 0.159 e. The average molecular weight is 303 g/mol. The van der Waals surface area contributed by atoms with E-state index in [0.717, 1.165) is 27.0 Å². The number of nitrogen functional groups attached to an aromatic ring is 1. The minimum absolute atomic E-state index is 0.701. The molecule has 3 aromatic rings. The molecule has 90 valence electrons. The summed E-state index contributed by atoms with van der Waals surface area (Å²) in [7, 11) is 1.95. The van der Waals surface area contributed by atoms with Crippen LogP contribution in [0.25, 0.3) is 22.6 Å². The number of nitrogens with two attached hydrogens (primary N) is 1. The van der Waals surface area contributed by atoms with Gasteiger partial charge in [0, 0.05) is 29.0 Å². The highest BCUT2D eigenvalue weighted by molar-refractivity contribution is 9.10. The number of rotatable bonds is 1. The molecule has 2 heterocycles. The van der Waals surface area contributed by atoms with Crippen LogP contribution >= 0.6 is 15.9 Å². The number of fused-ring (bicyclic) bond motifs is 1. The number of halogens is 1. The van der Waals surface area contributed by atoms with Gasteiger partial charge in [0.1, 0.15) is 11.3 Å².